The molecule has 2 atom stereocenters. The maximum Gasteiger partial charge on any atom is 0.254 e. The Morgan fingerprint density at radius 2 is 2.05 bits per heavy atom. The number of nitrogens with zero attached hydrogens (tertiary/aromatic N) is 2. The highest BCUT2D eigenvalue weighted by molar-refractivity contribution is 7.91. The summed E-state index contributed by atoms with van der Waals surface area (Å²) in [6, 6.07) is -0.362. The molecule has 0 bridgehead atoms. The van der Waals surface area contributed by atoms with E-state index in [0.29, 0.717) is 18.5 Å². The van der Waals surface area contributed by atoms with Crippen molar-refractivity contribution >= 4 is 33.0 Å². The fourth-order valence-corrected chi connectivity index (χ4v) is 5.73. The predicted molar refractivity (Wildman–Crippen MR) is 75.1 cm³/mol. The minimum atomic E-state index is -3.64. The number of aliphatic hydroxyl groups excluding tert-OH is 1. The highest BCUT2D eigenvalue weighted by Gasteiger charge is 2.36. The van der Waals surface area contributed by atoms with E-state index in [0.717, 1.165) is 24.2 Å². The maximum atomic E-state index is 12.5. The fourth-order valence-electron chi connectivity index (χ4n) is 2.41. The molecule has 2 unspecified atom stereocenters. The SMILES string of the molecule is Cc1nc(Cl)sc1S(=O)(=O)N(C)C1CCCCC1O. The van der Waals surface area contributed by atoms with Crippen molar-refractivity contribution in [2.45, 2.75) is 49.0 Å². The number of aliphatic hydroxyl groups is 1. The first-order valence-corrected chi connectivity index (χ1v) is 8.76. The Morgan fingerprint density at radius 3 is 2.58 bits per heavy atom. The molecule has 0 saturated heterocycles. The Labute approximate surface area is 122 Å². The molecular weight excluding hydrogens is 308 g/mol. The van der Waals surface area contributed by atoms with E-state index < -0.39 is 16.1 Å². The molecule has 1 aromatic rings. The summed E-state index contributed by atoms with van der Waals surface area (Å²) in [5.74, 6) is 0. The van der Waals surface area contributed by atoms with Crippen LogP contribution in [0.25, 0.3) is 0 Å². The number of rotatable bonds is 3. The van der Waals surface area contributed by atoms with Gasteiger partial charge in [0.15, 0.2) is 8.68 Å². The summed E-state index contributed by atoms with van der Waals surface area (Å²) in [5.41, 5.74) is 0.409. The van der Waals surface area contributed by atoms with Gasteiger partial charge in [-0.3, -0.25) is 0 Å². The van der Waals surface area contributed by atoms with E-state index in [1.54, 1.807) is 6.92 Å². The molecule has 1 N–H and O–H groups in total. The van der Waals surface area contributed by atoms with Crippen LogP contribution in [0.3, 0.4) is 0 Å². The molecule has 1 aromatic heterocycles. The van der Waals surface area contributed by atoms with E-state index in [1.165, 1.54) is 11.4 Å². The minimum absolute atomic E-state index is 0.165. The van der Waals surface area contributed by atoms with Crippen LogP contribution in [-0.4, -0.2) is 42.0 Å². The van der Waals surface area contributed by atoms with Gasteiger partial charge in [0.1, 0.15) is 0 Å². The third-order valence-electron chi connectivity index (χ3n) is 3.50. The van der Waals surface area contributed by atoms with E-state index >= 15 is 0 Å². The molecule has 0 spiro atoms. The lowest BCUT2D eigenvalue weighted by Crippen LogP contribution is -2.46. The molecule has 5 nitrogen and oxygen atoms in total. The lowest BCUT2D eigenvalue weighted by atomic mass is 9.93. The summed E-state index contributed by atoms with van der Waals surface area (Å²) in [6.45, 7) is 1.63. The summed E-state index contributed by atoms with van der Waals surface area (Å²) in [4.78, 5) is 3.94. The third-order valence-corrected chi connectivity index (χ3v) is 7.23. The number of aryl methyl sites for hydroxylation is 1. The van der Waals surface area contributed by atoms with Gasteiger partial charge >= 0.3 is 0 Å². The van der Waals surface area contributed by atoms with Crippen LogP contribution < -0.4 is 0 Å². The average Bonchev–Trinajstić information content (AvgIpc) is 2.69. The molecule has 0 aromatic carbocycles. The van der Waals surface area contributed by atoms with Crippen molar-refractivity contribution in [3.63, 3.8) is 0 Å². The molecule has 1 aliphatic rings. The van der Waals surface area contributed by atoms with Crippen molar-refractivity contribution < 1.29 is 13.5 Å². The van der Waals surface area contributed by atoms with E-state index in [-0.39, 0.29) is 14.7 Å². The highest BCUT2D eigenvalue weighted by Crippen LogP contribution is 2.32. The van der Waals surface area contributed by atoms with Gasteiger partial charge < -0.3 is 5.11 Å². The second-order valence-electron chi connectivity index (χ2n) is 4.78. The monoisotopic (exact) mass is 324 g/mol. The Balaban J connectivity index is 2.31. The molecule has 1 aliphatic carbocycles. The zero-order chi connectivity index (χ0) is 14.2. The third kappa shape index (κ3) is 2.95. The summed E-state index contributed by atoms with van der Waals surface area (Å²) >= 11 is 6.72. The smallest absolute Gasteiger partial charge is 0.254 e. The molecule has 108 valence electrons. The maximum absolute atomic E-state index is 12.5. The molecule has 19 heavy (non-hydrogen) atoms. The number of hydrogen-bond acceptors (Lipinski definition) is 5. The van der Waals surface area contributed by atoms with Gasteiger partial charge in [-0.2, -0.15) is 4.31 Å². The molecule has 1 saturated carbocycles. The van der Waals surface area contributed by atoms with Gasteiger partial charge in [0.2, 0.25) is 0 Å². The summed E-state index contributed by atoms with van der Waals surface area (Å²) in [5, 5.41) is 9.98. The fraction of sp³-hybridized carbons (Fsp3) is 0.727. The second-order valence-corrected chi connectivity index (χ2v) is 8.55. The zero-order valence-corrected chi connectivity index (χ0v) is 13.2. The Bertz CT molecular complexity index is 558. The van der Waals surface area contributed by atoms with Crippen molar-refractivity contribution in [1.82, 2.24) is 9.29 Å². The molecule has 1 heterocycles. The number of halogens is 1. The van der Waals surface area contributed by atoms with E-state index in [2.05, 4.69) is 4.98 Å². The van der Waals surface area contributed by atoms with E-state index in [9.17, 15) is 13.5 Å². The molecule has 0 aliphatic heterocycles. The Morgan fingerprint density at radius 1 is 1.42 bits per heavy atom. The predicted octanol–water partition coefficient (Wildman–Crippen LogP) is 2.03. The van der Waals surface area contributed by atoms with Crippen LogP contribution in [0.4, 0.5) is 0 Å². The van der Waals surface area contributed by atoms with Crippen LogP contribution in [0, 0.1) is 6.92 Å². The number of thiazole rings is 1. The van der Waals surface area contributed by atoms with E-state index in [1.807, 2.05) is 0 Å². The molecular formula is C11H17ClN2O3S2. The highest BCUT2D eigenvalue weighted by atomic mass is 35.5. The van der Waals surface area contributed by atoms with Crippen LogP contribution in [-0.2, 0) is 10.0 Å². The first-order chi connectivity index (χ1) is 8.84. The van der Waals surface area contributed by atoms with Gasteiger partial charge in [0, 0.05) is 7.05 Å². The zero-order valence-electron chi connectivity index (χ0n) is 10.8. The molecule has 0 amide bonds. The van der Waals surface area contributed by atoms with Crippen molar-refractivity contribution in [1.29, 1.82) is 0 Å². The van der Waals surface area contributed by atoms with E-state index in [4.69, 9.17) is 11.6 Å². The lowest BCUT2D eigenvalue weighted by molar-refractivity contribution is 0.0638. The topological polar surface area (TPSA) is 70.5 Å². The summed E-state index contributed by atoms with van der Waals surface area (Å²) in [6.07, 6.45) is 2.60. The van der Waals surface area contributed by atoms with Crippen molar-refractivity contribution in [3.05, 3.63) is 10.2 Å². The van der Waals surface area contributed by atoms with Crippen molar-refractivity contribution in [2.75, 3.05) is 7.05 Å². The van der Waals surface area contributed by atoms with Crippen molar-refractivity contribution in [3.8, 4) is 0 Å². The lowest BCUT2D eigenvalue weighted by Gasteiger charge is -2.34. The standard InChI is InChI=1S/C11H17ClN2O3S2/c1-7-10(18-11(12)13-7)19(16,17)14(2)8-5-3-4-6-9(8)15/h8-9,15H,3-6H2,1-2H3. The first kappa shape index (κ1) is 15.2. The van der Waals surface area contributed by atoms with Crippen LogP contribution >= 0.6 is 22.9 Å². The molecule has 8 heteroatoms. The summed E-state index contributed by atoms with van der Waals surface area (Å²) in [7, 11) is -2.12. The minimum Gasteiger partial charge on any atom is -0.391 e. The van der Waals surface area contributed by atoms with Gasteiger partial charge in [-0.25, -0.2) is 13.4 Å². The van der Waals surface area contributed by atoms with Gasteiger partial charge in [0.05, 0.1) is 17.8 Å². The number of likely N-dealkylation sites (N-methyl/N-ethyl adjacent to an activating group) is 1. The number of aromatic nitrogens is 1. The van der Waals surface area contributed by atoms with Gasteiger partial charge in [-0.15, -0.1) is 0 Å². The first-order valence-electron chi connectivity index (χ1n) is 6.13. The quantitative estimate of drug-likeness (QED) is 0.923. The summed E-state index contributed by atoms with van der Waals surface area (Å²) < 4.78 is 26.7. The van der Waals surface area contributed by atoms with Crippen molar-refractivity contribution in [2.24, 2.45) is 0 Å². The second kappa shape index (κ2) is 5.65. The largest absolute Gasteiger partial charge is 0.391 e. The Hall–Kier alpha value is -0.210. The number of sulfonamides is 1. The Kier molecular flexibility index (Phi) is 4.52. The average molecular weight is 325 g/mol. The van der Waals surface area contributed by atoms with Crippen LogP contribution in [0.5, 0.6) is 0 Å². The van der Waals surface area contributed by atoms with Crippen LogP contribution in [0.1, 0.15) is 31.4 Å². The number of hydrogen-bond donors (Lipinski definition) is 1. The van der Waals surface area contributed by atoms with Crippen LogP contribution in [0.15, 0.2) is 4.21 Å². The van der Waals surface area contributed by atoms with Gasteiger partial charge in [-0.1, -0.05) is 35.8 Å². The van der Waals surface area contributed by atoms with Crippen LogP contribution in [0.2, 0.25) is 4.47 Å². The molecule has 1 fully saturated rings. The van der Waals surface area contributed by atoms with Gasteiger partial charge in [-0.05, 0) is 19.8 Å². The molecule has 2 rings (SSSR count). The molecule has 0 radical (unpaired) electrons. The normalized spacial score (nSPS) is 24.9. The van der Waals surface area contributed by atoms with Gasteiger partial charge in [0.25, 0.3) is 10.0 Å².